The molecule has 0 aliphatic rings. The van der Waals surface area contributed by atoms with Gasteiger partial charge in [0.1, 0.15) is 5.82 Å². The van der Waals surface area contributed by atoms with Crippen molar-refractivity contribution in [1.29, 1.82) is 0 Å². The minimum absolute atomic E-state index is 0.331. The molecule has 5 heteroatoms. The zero-order chi connectivity index (χ0) is 10.8. The average molecular weight is 226 g/mol. The van der Waals surface area contributed by atoms with Crippen LogP contribution in [0.3, 0.4) is 0 Å². The van der Waals surface area contributed by atoms with Crippen LogP contribution in [0.5, 0.6) is 0 Å². The number of hydrogen-bond acceptors (Lipinski definition) is 2. The number of imidazole rings is 1. The van der Waals surface area contributed by atoms with E-state index in [1.807, 2.05) is 7.05 Å². The second-order valence-corrected chi connectivity index (χ2v) is 3.52. The lowest BCUT2D eigenvalue weighted by Crippen LogP contribution is -1.99. The molecule has 0 aliphatic heterocycles. The third kappa shape index (κ3) is 2.10. The Morgan fingerprint density at radius 2 is 2.27 bits per heavy atom. The molecule has 2 rings (SSSR count). The lowest BCUT2D eigenvalue weighted by atomic mass is 10.3. The molecule has 1 heterocycles. The van der Waals surface area contributed by atoms with E-state index in [1.54, 1.807) is 23.0 Å². The largest absolute Gasteiger partial charge is 0.324 e. The Labute approximate surface area is 91.5 Å². The molecular formula is C10H9ClFN3. The van der Waals surface area contributed by atoms with Gasteiger partial charge in [-0.2, -0.15) is 0 Å². The molecular weight excluding hydrogens is 217 g/mol. The van der Waals surface area contributed by atoms with Crippen molar-refractivity contribution in [3.05, 3.63) is 41.4 Å². The average Bonchev–Trinajstić information content (AvgIpc) is 2.57. The second-order valence-electron chi connectivity index (χ2n) is 3.11. The topological polar surface area (TPSA) is 29.9 Å². The number of nitrogens with one attached hydrogen (secondary N) is 1. The number of anilines is 2. The Kier molecular flexibility index (Phi) is 2.60. The minimum Gasteiger partial charge on any atom is -0.324 e. The van der Waals surface area contributed by atoms with Crippen molar-refractivity contribution in [3.63, 3.8) is 0 Å². The van der Waals surface area contributed by atoms with Crippen molar-refractivity contribution in [2.24, 2.45) is 7.05 Å². The summed E-state index contributed by atoms with van der Waals surface area (Å²) >= 11 is 5.86. The van der Waals surface area contributed by atoms with Crippen LogP contribution in [-0.2, 0) is 7.05 Å². The van der Waals surface area contributed by atoms with E-state index in [0.717, 1.165) is 0 Å². The minimum atomic E-state index is -0.356. The number of benzene rings is 1. The van der Waals surface area contributed by atoms with Crippen LogP contribution in [0.4, 0.5) is 16.0 Å². The molecule has 0 bridgehead atoms. The number of hydrogen-bond donors (Lipinski definition) is 1. The Hall–Kier alpha value is -1.55. The van der Waals surface area contributed by atoms with Crippen molar-refractivity contribution >= 4 is 23.2 Å². The number of rotatable bonds is 2. The Bertz CT molecular complexity index is 481. The summed E-state index contributed by atoms with van der Waals surface area (Å²) in [6, 6.07) is 4.18. The number of halogens is 2. The summed E-state index contributed by atoms with van der Waals surface area (Å²) in [7, 11) is 1.85. The third-order valence-electron chi connectivity index (χ3n) is 2.00. The monoisotopic (exact) mass is 225 g/mol. The van der Waals surface area contributed by atoms with Gasteiger partial charge in [-0.05, 0) is 18.2 Å². The summed E-state index contributed by atoms with van der Waals surface area (Å²) in [5.41, 5.74) is 0.632. The Balaban J connectivity index is 2.29. The van der Waals surface area contributed by atoms with Gasteiger partial charge in [-0.3, -0.25) is 0 Å². The van der Waals surface area contributed by atoms with Gasteiger partial charge in [0.2, 0.25) is 5.95 Å². The third-order valence-corrected chi connectivity index (χ3v) is 2.31. The van der Waals surface area contributed by atoms with E-state index in [4.69, 9.17) is 11.6 Å². The van der Waals surface area contributed by atoms with Crippen LogP contribution in [0.1, 0.15) is 0 Å². The fraction of sp³-hybridized carbons (Fsp3) is 0.100. The van der Waals surface area contributed by atoms with E-state index in [1.165, 1.54) is 12.1 Å². The fourth-order valence-electron chi connectivity index (χ4n) is 1.20. The maximum absolute atomic E-state index is 12.8. The molecule has 0 unspecified atom stereocenters. The van der Waals surface area contributed by atoms with E-state index in [2.05, 4.69) is 10.3 Å². The molecule has 1 N–H and O–H groups in total. The molecule has 0 fully saturated rings. The maximum Gasteiger partial charge on any atom is 0.207 e. The molecule has 0 saturated heterocycles. The smallest absolute Gasteiger partial charge is 0.207 e. The van der Waals surface area contributed by atoms with Gasteiger partial charge in [0.25, 0.3) is 0 Å². The van der Waals surface area contributed by atoms with Crippen molar-refractivity contribution < 1.29 is 4.39 Å². The van der Waals surface area contributed by atoms with E-state index < -0.39 is 0 Å². The molecule has 15 heavy (non-hydrogen) atoms. The molecule has 3 nitrogen and oxygen atoms in total. The van der Waals surface area contributed by atoms with Crippen molar-refractivity contribution in [2.75, 3.05) is 5.32 Å². The van der Waals surface area contributed by atoms with Gasteiger partial charge in [0, 0.05) is 19.4 Å². The van der Waals surface area contributed by atoms with Crippen LogP contribution in [-0.4, -0.2) is 9.55 Å². The molecule has 0 atom stereocenters. The van der Waals surface area contributed by atoms with Crippen LogP contribution in [0.15, 0.2) is 30.6 Å². The van der Waals surface area contributed by atoms with Crippen LogP contribution in [0.25, 0.3) is 0 Å². The molecule has 2 aromatic rings. The van der Waals surface area contributed by atoms with Gasteiger partial charge in [0.15, 0.2) is 0 Å². The summed E-state index contributed by atoms with van der Waals surface area (Å²) in [5.74, 6) is 0.300. The first kappa shape index (κ1) is 9.98. The predicted molar refractivity (Wildman–Crippen MR) is 57.9 cm³/mol. The van der Waals surface area contributed by atoms with Gasteiger partial charge in [-0.15, -0.1) is 0 Å². The van der Waals surface area contributed by atoms with Crippen molar-refractivity contribution in [3.8, 4) is 0 Å². The second kappa shape index (κ2) is 3.90. The molecule has 0 aliphatic carbocycles. The fourth-order valence-corrected chi connectivity index (χ4v) is 1.41. The Morgan fingerprint density at radius 1 is 1.47 bits per heavy atom. The first-order valence-electron chi connectivity index (χ1n) is 4.36. The zero-order valence-electron chi connectivity index (χ0n) is 8.04. The van der Waals surface area contributed by atoms with E-state index in [-0.39, 0.29) is 5.82 Å². The van der Waals surface area contributed by atoms with Gasteiger partial charge in [0.05, 0.1) is 10.7 Å². The molecule has 78 valence electrons. The van der Waals surface area contributed by atoms with E-state index in [9.17, 15) is 4.39 Å². The first-order chi connectivity index (χ1) is 7.16. The number of nitrogens with zero attached hydrogens (tertiary/aromatic N) is 2. The predicted octanol–water partition coefficient (Wildman–Crippen LogP) is 2.96. The quantitative estimate of drug-likeness (QED) is 0.852. The summed E-state index contributed by atoms with van der Waals surface area (Å²) < 4.78 is 14.6. The molecule has 0 saturated carbocycles. The van der Waals surface area contributed by atoms with Crippen LogP contribution in [0.2, 0.25) is 5.02 Å². The Morgan fingerprint density at radius 3 is 2.87 bits per heavy atom. The molecule has 0 radical (unpaired) electrons. The van der Waals surface area contributed by atoms with Gasteiger partial charge in [-0.25, -0.2) is 9.37 Å². The summed E-state index contributed by atoms with van der Waals surface area (Å²) in [4.78, 5) is 4.07. The molecule has 0 spiro atoms. The lowest BCUT2D eigenvalue weighted by Gasteiger charge is -2.07. The standard InChI is InChI=1S/C10H9ClFN3/c1-15-5-4-13-10(15)14-9-3-2-7(12)6-8(9)11/h2-6H,1H3,(H,13,14). The van der Waals surface area contributed by atoms with Gasteiger partial charge in [-0.1, -0.05) is 11.6 Å². The van der Waals surface area contributed by atoms with E-state index >= 15 is 0 Å². The van der Waals surface area contributed by atoms with Crippen molar-refractivity contribution in [2.45, 2.75) is 0 Å². The van der Waals surface area contributed by atoms with Crippen LogP contribution < -0.4 is 5.32 Å². The maximum atomic E-state index is 12.8. The lowest BCUT2D eigenvalue weighted by molar-refractivity contribution is 0.628. The molecule has 0 amide bonds. The normalized spacial score (nSPS) is 10.3. The summed E-state index contributed by atoms with van der Waals surface area (Å²) in [5, 5.41) is 3.33. The first-order valence-corrected chi connectivity index (χ1v) is 4.74. The summed E-state index contributed by atoms with van der Waals surface area (Å²) in [6.07, 6.45) is 3.47. The SMILES string of the molecule is Cn1ccnc1Nc1ccc(F)cc1Cl. The zero-order valence-corrected chi connectivity index (χ0v) is 8.79. The van der Waals surface area contributed by atoms with Crippen LogP contribution in [0, 0.1) is 5.82 Å². The van der Waals surface area contributed by atoms with Crippen molar-refractivity contribution in [1.82, 2.24) is 9.55 Å². The highest BCUT2D eigenvalue weighted by molar-refractivity contribution is 6.33. The molecule has 1 aromatic heterocycles. The molecule has 1 aromatic carbocycles. The van der Waals surface area contributed by atoms with E-state index in [0.29, 0.717) is 16.7 Å². The van der Waals surface area contributed by atoms with Gasteiger partial charge >= 0.3 is 0 Å². The highest BCUT2D eigenvalue weighted by Crippen LogP contribution is 2.24. The highest BCUT2D eigenvalue weighted by atomic mass is 35.5. The van der Waals surface area contributed by atoms with Crippen LogP contribution >= 0.6 is 11.6 Å². The summed E-state index contributed by atoms with van der Waals surface area (Å²) in [6.45, 7) is 0. The number of aromatic nitrogens is 2. The number of aryl methyl sites for hydroxylation is 1. The van der Waals surface area contributed by atoms with Gasteiger partial charge < -0.3 is 9.88 Å². The highest BCUT2D eigenvalue weighted by Gasteiger charge is 2.04.